The molecule has 1 fully saturated rings. The van der Waals surface area contributed by atoms with Gasteiger partial charge in [0.1, 0.15) is 0 Å². The lowest BCUT2D eigenvalue weighted by atomic mass is 9.97. The van der Waals surface area contributed by atoms with E-state index in [1.54, 1.807) is 6.92 Å². The summed E-state index contributed by atoms with van der Waals surface area (Å²) < 4.78 is 0. The van der Waals surface area contributed by atoms with Crippen molar-refractivity contribution in [1.82, 2.24) is 4.98 Å². The fourth-order valence-electron chi connectivity index (χ4n) is 1.78. The van der Waals surface area contributed by atoms with Crippen molar-refractivity contribution < 1.29 is 4.79 Å². The molecule has 0 bridgehead atoms. The summed E-state index contributed by atoms with van der Waals surface area (Å²) in [6, 6.07) is 0. The number of hydrogen-bond donors (Lipinski definition) is 2. The van der Waals surface area contributed by atoms with Crippen molar-refractivity contribution in [2.75, 3.05) is 5.32 Å². The molecule has 2 rings (SSSR count). The van der Waals surface area contributed by atoms with Gasteiger partial charge in [0.05, 0.1) is 11.2 Å². The molecule has 6 heteroatoms. The first kappa shape index (κ1) is 15.4. The Morgan fingerprint density at radius 2 is 2.33 bits per heavy atom. The van der Waals surface area contributed by atoms with E-state index in [-0.39, 0.29) is 18.3 Å². The van der Waals surface area contributed by atoms with E-state index in [0.717, 1.165) is 12.1 Å². The smallest absolute Gasteiger partial charge is 0.245 e. The monoisotopic (exact) mass is 289 g/mol. The predicted octanol–water partition coefficient (Wildman–Crippen LogP) is 2.90. The summed E-state index contributed by atoms with van der Waals surface area (Å²) in [5.74, 6) is 0.479. The maximum Gasteiger partial charge on any atom is 0.245 e. The molecular weight excluding hydrogens is 270 g/mol. The standard InChI is InChI=1S/C12H19N3OS.ClH/c1-3-6-12(2,13)10(16)15-11-14-9(7-17-11)8-4-5-8;/h7-8H,3-6,13H2,1-2H3,(H,14,15,16);1H. The summed E-state index contributed by atoms with van der Waals surface area (Å²) in [7, 11) is 0. The number of hydrogen-bond acceptors (Lipinski definition) is 4. The number of carbonyl (C=O) groups excluding carboxylic acids is 1. The molecule has 102 valence electrons. The van der Waals surface area contributed by atoms with Gasteiger partial charge in [0.15, 0.2) is 5.13 Å². The van der Waals surface area contributed by atoms with Crippen molar-refractivity contribution in [2.24, 2.45) is 5.73 Å². The van der Waals surface area contributed by atoms with E-state index in [2.05, 4.69) is 10.3 Å². The summed E-state index contributed by atoms with van der Waals surface area (Å²) in [5, 5.41) is 5.51. The lowest BCUT2D eigenvalue weighted by Gasteiger charge is -2.21. The van der Waals surface area contributed by atoms with Crippen molar-refractivity contribution in [3.05, 3.63) is 11.1 Å². The molecule has 3 N–H and O–H groups in total. The molecule has 1 unspecified atom stereocenters. The van der Waals surface area contributed by atoms with Gasteiger partial charge in [-0.2, -0.15) is 0 Å². The second-order valence-corrected chi connectivity index (χ2v) is 5.83. The van der Waals surface area contributed by atoms with Crippen LogP contribution in [0.1, 0.15) is 51.1 Å². The number of thiazole rings is 1. The molecule has 1 aromatic rings. The molecule has 1 aromatic heterocycles. The fraction of sp³-hybridized carbons (Fsp3) is 0.667. The zero-order valence-corrected chi connectivity index (χ0v) is 12.4. The van der Waals surface area contributed by atoms with Crippen LogP contribution in [0.4, 0.5) is 5.13 Å². The van der Waals surface area contributed by atoms with Crippen LogP contribution in [0.15, 0.2) is 5.38 Å². The Morgan fingerprint density at radius 1 is 1.67 bits per heavy atom. The van der Waals surface area contributed by atoms with Gasteiger partial charge >= 0.3 is 0 Å². The fourth-order valence-corrected chi connectivity index (χ4v) is 2.57. The Labute approximate surface area is 118 Å². The largest absolute Gasteiger partial charge is 0.318 e. The summed E-state index contributed by atoms with van der Waals surface area (Å²) in [5.41, 5.74) is 6.27. The minimum atomic E-state index is -0.805. The predicted molar refractivity (Wildman–Crippen MR) is 77.5 cm³/mol. The number of rotatable bonds is 5. The molecule has 1 aliphatic rings. The Kier molecular flexibility index (Phi) is 5.13. The number of nitrogens with one attached hydrogen (secondary N) is 1. The Hall–Kier alpha value is -0.650. The van der Waals surface area contributed by atoms with Crippen molar-refractivity contribution >= 4 is 34.8 Å². The number of anilines is 1. The van der Waals surface area contributed by atoms with Crippen LogP contribution in [-0.4, -0.2) is 16.4 Å². The van der Waals surface area contributed by atoms with Crippen LogP contribution in [0.3, 0.4) is 0 Å². The number of halogens is 1. The van der Waals surface area contributed by atoms with Gasteiger partial charge in [-0.25, -0.2) is 4.98 Å². The van der Waals surface area contributed by atoms with E-state index >= 15 is 0 Å². The third-order valence-electron chi connectivity index (χ3n) is 3.03. The zero-order valence-electron chi connectivity index (χ0n) is 10.7. The minimum Gasteiger partial charge on any atom is -0.318 e. The van der Waals surface area contributed by atoms with Crippen LogP contribution in [0.25, 0.3) is 0 Å². The van der Waals surface area contributed by atoms with Gasteiger partial charge in [0.25, 0.3) is 0 Å². The van der Waals surface area contributed by atoms with E-state index in [1.807, 2.05) is 12.3 Å². The molecule has 1 heterocycles. The molecule has 4 nitrogen and oxygen atoms in total. The van der Waals surface area contributed by atoms with Gasteiger partial charge in [-0.1, -0.05) is 13.3 Å². The van der Waals surface area contributed by atoms with Crippen molar-refractivity contribution in [3.8, 4) is 0 Å². The average molecular weight is 290 g/mol. The highest BCUT2D eigenvalue weighted by atomic mass is 35.5. The van der Waals surface area contributed by atoms with Crippen LogP contribution in [0.2, 0.25) is 0 Å². The summed E-state index contributed by atoms with van der Waals surface area (Å²) in [6.07, 6.45) is 4.02. The Bertz CT molecular complexity index is 415. The van der Waals surface area contributed by atoms with Crippen LogP contribution in [0.5, 0.6) is 0 Å². The average Bonchev–Trinajstić information content (AvgIpc) is 3.00. The molecule has 1 amide bonds. The highest BCUT2D eigenvalue weighted by Gasteiger charge is 2.29. The van der Waals surface area contributed by atoms with Gasteiger partial charge in [-0.3, -0.25) is 4.79 Å². The van der Waals surface area contributed by atoms with E-state index in [0.29, 0.717) is 17.5 Å². The number of nitrogens with two attached hydrogens (primary N) is 1. The van der Waals surface area contributed by atoms with E-state index < -0.39 is 5.54 Å². The number of nitrogens with zero attached hydrogens (tertiary/aromatic N) is 1. The van der Waals surface area contributed by atoms with Crippen LogP contribution < -0.4 is 11.1 Å². The molecule has 0 aliphatic heterocycles. The van der Waals surface area contributed by atoms with Crippen molar-refractivity contribution in [1.29, 1.82) is 0 Å². The van der Waals surface area contributed by atoms with E-state index in [1.165, 1.54) is 24.2 Å². The van der Waals surface area contributed by atoms with Crippen LogP contribution >= 0.6 is 23.7 Å². The molecule has 0 radical (unpaired) electrons. The first-order valence-electron chi connectivity index (χ1n) is 6.08. The number of amides is 1. The van der Waals surface area contributed by atoms with Crippen LogP contribution in [-0.2, 0) is 4.79 Å². The van der Waals surface area contributed by atoms with Gasteiger partial charge in [-0.15, -0.1) is 23.7 Å². The highest BCUT2D eigenvalue weighted by Crippen LogP contribution is 2.40. The Balaban J connectivity index is 0.00000162. The second kappa shape index (κ2) is 5.99. The Morgan fingerprint density at radius 3 is 2.89 bits per heavy atom. The van der Waals surface area contributed by atoms with Gasteiger partial charge in [0.2, 0.25) is 5.91 Å². The zero-order chi connectivity index (χ0) is 12.5. The third-order valence-corrected chi connectivity index (χ3v) is 3.80. The summed E-state index contributed by atoms with van der Waals surface area (Å²) >= 11 is 1.48. The SMILES string of the molecule is CCCC(C)(N)C(=O)Nc1nc(C2CC2)cs1.Cl. The first-order valence-corrected chi connectivity index (χ1v) is 6.96. The van der Waals surface area contributed by atoms with Crippen molar-refractivity contribution in [2.45, 2.75) is 51.0 Å². The molecule has 1 saturated carbocycles. The molecule has 1 atom stereocenters. The lowest BCUT2D eigenvalue weighted by Crippen LogP contribution is -2.48. The number of aromatic nitrogens is 1. The summed E-state index contributed by atoms with van der Waals surface area (Å²) in [4.78, 5) is 16.4. The normalized spacial score (nSPS) is 17.7. The minimum absolute atomic E-state index is 0. The van der Waals surface area contributed by atoms with Gasteiger partial charge < -0.3 is 11.1 Å². The molecule has 1 aliphatic carbocycles. The first-order chi connectivity index (χ1) is 8.03. The second-order valence-electron chi connectivity index (χ2n) is 4.97. The van der Waals surface area contributed by atoms with Gasteiger partial charge in [-0.05, 0) is 26.2 Å². The molecule has 18 heavy (non-hydrogen) atoms. The van der Waals surface area contributed by atoms with Crippen molar-refractivity contribution in [3.63, 3.8) is 0 Å². The quantitative estimate of drug-likeness (QED) is 0.876. The van der Waals surface area contributed by atoms with Gasteiger partial charge in [0, 0.05) is 11.3 Å². The molecule has 0 spiro atoms. The van der Waals surface area contributed by atoms with Crippen LogP contribution in [0, 0.1) is 0 Å². The maximum atomic E-state index is 11.9. The summed E-state index contributed by atoms with van der Waals surface area (Å²) in [6.45, 7) is 3.79. The number of carbonyl (C=O) groups is 1. The maximum absolute atomic E-state index is 11.9. The molecular formula is C12H20ClN3OS. The molecule has 0 saturated heterocycles. The molecule has 0 aromatic carbocycles. The third kappa shape index (κ3) is 3.67. The van der Waals surface area contributed by atoms with E-state index in [4.69, 9.17) is 5.73 Å². The topological polar surface area (TPSA) is 68.0 Å². The highest BCUT2D eigenvalue weighted by molar-refractivity contribution is 7.14. The van der Waals surface area contributed by atoms with E-state index in [9.17, 15) is 4.79 Å². The lowest BCUT2D eigenvalue weighted by molar-refractivity contribution is -0.120.